The van der Waals surface area contributed by atoms with Gasteiger partial charge in [-0.05, 0) is 18.8 Å². The lowest BCUT2D eigenvalue weighted by Crippen LogP contribution is -2.39. The van der Waals surface area contributed by atoms with Gasteiger partial charge < -0.3 is 10.0 Å². The molecule has 1 aromatic heterocycles. The number of nitrogens with zero attached hydrogens (tertiary/aromatic N) is 2. The van der Waals surface area contributed by atoms with E-state index in [0.29, 0.717) is 11.6 Å². The van der Waals surface area contributed by atoms with Crippen LogP contribution < -0.4 is 0 Å². The number of thiazole rings is 1. The van der Waals surface area contributed by atoms with E-state index < -0.39 is 0 Å². The molecule has 0 aliphatic carbocycles. The molecule has 1 aromatic rings. The number of carbonyl (C=O) groups excluding carboxylic acids is 1. The summed E-state index contributed by atoms with van der Waals surface area (Å²) in [7, 11) is 0. The highest BCUT2D eigenvalue weighted by Gasteiger charge is 2.23. The second kappa shape index (κ2) is 4.72. The zero-order valence-corrected chi connectivity index (χ0v) is 9.24. The first-order valence-electron chi connectivity index (χ1n) is 5.09. The van der Waals surface area contributed by atoms with Crippen molar-refractivity contribution in [1.82, 2.24) is 9.88 Å². The number of rotatable bonds is 2. The number of likely N-dealkylation sites (tertiary alicyclic amines) is 1. The average Bonchev–Trinajstić information content (AvgIpc) is 2.82. The number of aliphatic hydroxyl groups is 1. The minimum Gasteiger partial charge on any atom is -0.396 e. The Labute approximate surface area is 92.6 Å². The molecule has 82 valence electrons. The van der Waals surface area contributed by atoms with Crippen LogP contribution in [0.2, 0.25) is 0 Å². The molecule has 5 heteroatoms. The van der Waals surface area contributed by atoms with E-state index in [0.717, 1.165) is 25.9 Å². The minimum atomic E-state index is 0.0210. The summed E-state index contributed by atoms with van der Waals surface area (Å²) in [5.74, 6) is 0.386. The molecule has 0 unspecified atom stereocenters. The van der Waals surface area contributed by atoms with Gasteiger partial charge in [0.15, 0.2) is 0 Å². The van der Waals surface area contributed by atoms with Crippen molar-refractivity contribution in [3.8, 4) is 0 Å². The molecule has 2 heterocycles. The zero-order chi connectivity index (χ0) is 10.7. The zero-order valence-electron chi connectivity index (χ0n) is 8.43. The summed E-state index contributed by atoms with van der Waals surface area (Å²) in [6, 6.07) is 0. The Morgan fingerprint density at radius 2 is 2.33 bits per heavy atom. The van der Waals surface area contributed by atoms with Crippen molar-refractivity contribution >= 4 is 17.2 Å². The Kier molecular flexibility index (Phi) is 3.33. The number of piperidine rings is 1. The molecule has 1 aliphatic rings. The van der Waals surface area contributed by atoms with Crippen LogP contribution >= 0.6 is 11.3 Å². The lowest BCUT2D eigenvalue weighted by molar-refractivity contribution is 0.0646. The van der Waals surface area contributed by atoms with Crippen molar-refractivity contribution < 1.29 is 9.90 Å². The van der Waals surface area contributed by atoms with Crippen molar-refractivity contribution in [2.24, 2.45) is 5.92 Å². The maximum absolute atomic E-state index is 11.9. The standard InChI is InChI=1S/C10H14N2O2S/c13-5-8-1-3-12(4-2-8)10(14)9-6-15-7-11-9/h6-8,13H,1-5H2. The molecular formula is C10H14N2O2S. The molecule has 15 heavy (non-hydrogen) atoms. The van der Waals surface area contributed by atoms with Gasteiger partial charge in [-0.15, -0.1) is 11.3 Å². The number of aliphatic hydroxyl groups excluding tert-OH is 1. The maximum Gasteiger partial charge on any atom is 0.273 e. The molecule has 1 fully saturated rings. The summed E-state index contributed by atoms with van der Waals surface area (Å²) in [6.07, 6.45) is 1.79. The predicted molar refractivity (Wildman–Crippen MR) is 57.8 cm³/mol. The van der Waals surface area contributed by atoms with E-state index in [2.05, 4.69) is 4.98 Å². The fourth-order valence-electron chi connectivity index (χ4n) is 1.80. The van der Waals surface area contributed by atoms with E-state index in [1.807, 2.05) is 4.90 Å². The molecule has 2 rings (SSSR count). The van der Waals surface area contributed by atoms with E-state index in [1.54, 1.807) is 10.9 Å². The Balaban J connectivity index is 1.93. The first-order valence-corrected chi connectivity index (χ1v) is 6.04. The van der Waals surface area contributed by atoms with E-state index in [9.17, 15) is 4.79 Å². The Hall–Kier alpha value is -0.940. The summed E-state index contributed by atoms with van der Waals surface area (Å²) in [5, 5.41) is 10.8. The third-order valence-electron chi connectivity index (χ3n) is 2.81. The molecule has 0 bridgehead atoms. The van der Waals surface area contributed by atoms with Crippen LogP contribution in [-0.4, -0.2) is 40.6 Å². The van der Waals surface area contributed by atoms with Gasteiger partial charge in [0.25, 0.3) is 5.91 Å². The Morgan fingerprint density at radius 3 is 2.87 bits per heavy atom. The Morgan fingerprint density at radius 1 is 1.60 bits per heavy atom. The van der Waals surface area contributed by atoms with Gasteiger partial charge in [-0.25, -0.2) is 4.98 Å². The van der Waals surface area contributed by atoms with Crippen LogP contribution in [-0.2, 0) is 0 Å². The topological polar surface area (TPSA) is 53.4 Å². The van der Waals surface area contributed by atoms with E-state index in [4.69, 9.17) is 5.11 Å². The molecule has 0 aromatic carbocycles. The molecule has 4 nitrogen and oxygen atoms in total. The lowest BCUT2D eigenvalue weighted by Gasteiger charge is -2.30. The third-order valence-corrected chi connectivity index (χ3v) is 3.40. The average molecular weight is 226 g/mol. The Bertz CT molecular complexity index is 318. The first kappa shape index (κ1) is 10.6. The summed E-state index contributed by atoms with van der Waals surface area (Å²) in [4.78, 5) is 17.7. The molecule has 0 spiro atoms. The van der Waals surface area contributed by atoms with Crippen LogP contribution in [0.3, 0.4) is 0 Å². The van der Waals surface area contributed by atoms with Crippen LogP contribution in [0.25, 0.3) is 0 Å². The van der Waals surface area contributed by atoms with Gasteiger partial charge in [0.2, 0.25) is 0 Å². The smallest absolute Gasteiger partial charge is 0.273 e. The fourth-order valence-corrected chi connectivity index (χ4v) is 2.32. The number of amides is 1. The molecule has 0 saturated carbocycles. The summed E-state index contributed by atoms with van der Waals surface area (Å²) >= 11 is 1.44. The van der Waals surface area contributed by atoms with E-state index >= 15 is 0 Å². The van der Waals surface area contributed by atoms with Crippen molar-refractivity contribution in [1.29, 1.82) is 0 Å². The molecular weight excluding hydrogens is 212 g/mol. The SMILES string of the molecule is O=C(c1cscn1)N1CCC(CO)CC1. The largest absolute Gasteiger partial charge is 0.396 e. The van der Waals surface area contributed by atoms with Crippen LogP contribution in [0.15, 0.2) is 10.9 Å². The number of aromatic nitrogens is 1. The highest BCUT2D eigenvalue weighted by atomic mass is 32.1. The summed E-state index contributed by atoms with van der Waals surface area (Å²) in [6.45, 7) is 1.71. The molecule has 0 radical (unpaired) electrons. The number of hydrogen-bond acceptors (Lipinski definition) is 4. The quantitative estimate of drug-likeness (QED) is 0.818. The highest BCUT2D eigenvalue weighted by molar-refractivity contribution is 7.07. The van der Waals surface area contributed by atoms with Crippen molar-refractivity contribution in [3.05, 3.63) is 16.6 Å². The highest BCUT2D eigenvalue weighted by Crippen LogP contribution is 2.18. The second-order valence-electron chi connectivity index (χ2n) is 3.79. The van der Waals surface area contributed by atoms with Gasteiger partial charge in [-0.3, -0.25) is 4.79 Å². The van der Waals surface area contributed by atoms with Crippen LogP contribution in [0.5, 0.6) is 0 Å². The van der Waals surface area contributed by atoms with Crippen LogP contribution in [0.1, 0.15) is 23.3 Å². The van der Waals surface area contributed by atoms with Gasteiger partial charge in [-0.1, -0.05) is 0 Å². The second-order valence-corrected chi connectivity index (χ2v) is 4.51. The summed E-state index contributed by atoms with van der Waals surface area (Å²) < 4.78 is 0. The maximum atomic E-state index is 11.9. The first-order chi connectivity index (χ1) is 7.31. The molecule has 0 atom stereocenters. The van der Waals surface area contributed by atoms with Gasteiger partial charge in [0.1, 0.15) is 5.69 Å². The van der Waals surface area contributed by atoms with Crippen LogP contribution in [0.4, 0.5) is 0 Å². The van der Waals surface area contributed by atoms with Gasteiger partial charge in [0, 0.05) is 25.1 Å². The molecule has 1 amide bonds. The summed E-state index contributed by atoms with van der Waals surface area (Å²) in [5.41, 5.74) is 2.22. The fraction of sp³-hybridized carbons (Fsp3) is 0.600. The van der Waals surface area contributed by atoms with Gasteiger partial charge in [-0.2, -0.15) is 0 Å². The lowest BCUT2D eigenvalue weighted by atomic mass is 9.98. The number of carbonyl (C=O) groups is 1. The van der Waals surface area contributed by atoms with Crippen LogP contribution in [0, 0.1) is 5.92 Å². The van der Waals surface area contributed by atoms with Crippen molar-refractivity contribution in [3.63, 3.8) is 0 Å². The third kappa shape index (κ3) is 2.35. The predicted octanol–water partition coefficient (Wildman–Crippen LogP) is 0.988. The molecule has 1 aliphatic heterocycles. The number of hydrogen-bond donors (Lipinski definition) is 1. The van der Waals surface area contributed by atoms with E-state index in [1.165, 1.54) is 11.3 Å². The van der Waals surface area contributed by atoms with E-state index in [-0.39, 0.29) is 12.5 Å². The monoisotopic (exact) mass is 226 g/mol. The van der Waals surface area contributed by atoms with Crippen molar-refractivity contribution in [2.45, 2.75) is 12.8 Å². The molecule has 1 N–H and O–H groups in total. The minimum absolute atomic E-state index is 0.0210. The normalized spacial score (nSPS) is 18.1. The molecule has 1 saturated heterocycles. The van der Waals surface area contributed by atoms with Crippen molar-refractivity contribution in [2.75, 3.05) is 19.7 Å². The van der Waals surface area contributed by atoms with Gasteiger partial charge >= 0.3 is 0 Å². The van der Waals surface area contributed by atoms with Gasteiger partial charge in [0.05, 0.1) is 5.51 Å².